The zero-order valence-corrected chi connectivity index (χ0v) is 10.3. The van der Waals surface area contributed by atoms with Gasteiger partial charge in [-0.2, -0.15) is 0 Å². The molecule has 0 radical (unpaired) electrons. The maximum Gasteiger partial charge on any atom is 0.0419 e. The van der Waals surface area contributed by atoms with Crippen LogP contribution in [0.15, 0.2) is 18.2 Å². The van der Waals surface area contributed by atoms with E-state index >= 15 is 0 Å². The average Bonchev–Trinajstić information content (AvgIpc) is 2.86. The number of nitrogens with zero attached hydrogens (tertiary/aromatic N) is 1. The third-order valence-electron chi connectivity index (χ3n) is 3.78. The molecule has 0 aromatic heterocycles. The smallest absolute Gasteiger partial charge is 0.0419 e. The topological polar surface area (TPSA) is 27.3 Å². The van der Waals surface area contributed by atoms with Gasteiger partial charge >= 0.3 is 0 Å². The van der Waals surface area contributed by atoms with Gasteiger partial charge in [-0.15, -0.1) is 0 Å². The fourth-order valence-electron chi connectivity index (χ4n) is 2.81. The van der Waals surface area contributed by atoms with Crippen LogP contribution in [0.2, 0.25) is 0 Å². The summed E-state index contributed by atoms with van der Waals surface area (Å²) in [6.45, 7) is 4.44. The third kappa shape index (κ3) is 2.45. The molecule has 2 N–H and O–H groups in total. The molecule has 17 heavy (non-hydrogen) atoms. The normalized spacial score (nSPS) is 20.0. The van der Waals surface area contributed by atoms with E-state index in [-0.39, 0.29) is 0 Å². The van der Waals surface area contributed by atoms with E-state index in [0.717, 1.165) is 13.1 Å². The summed E-state index contributed by atoms with van der Waals surface area (Å²) in [5.41, 5.74) is 7.82. The van der Waals surface area contributed by atoms with Crippen molar-refractivity contribution in [2.75, 3.05) is 25.0 Å². The molecule has 1 aromatic rings. The molecular weight excluding hydrogens is 210 g/mol. The number of para-hydroxylation sites is 1. The molecule has 0 bridgehead atoms. The minimum atomic E-state index is 0.955. The summed E-state index contributed by atoms with van der Waals surface area (Å²) in [5.74, 6) is 0. The number of hydrogen-bond donors (Lipinski definition) is 2. The summed E-state index contributed by atoms with van der Waals surface area (Å²) in [5, 5.41) is 5.87. The number of benzene rings is 1. The van der Waals surface area contributed by atoms with Crippen molar-refractivity contribution in [3.05, 3.63) is 29.3 Å². The van der Waals surface area contributed by atoms with Gasteiger partial charge in [0.15, 0.2) is 0 Å². The molecule has 0 aliphatic carbocycles. The predicted octanol–water partition coefficient (Wildman–Crippen LogP) is 2.15. The van der Waals surface area contributed by atoms with E-state index in [1.807, 2.05) is 0 Å². The van der Waals surface area contributed by atoms with Crippen molar-refractivity contribution >= 4 is 5.69 Å². The molecule has 2 heterocycles. The molecule has 3 heteroatoms. The van der Waals surface area contributed by atoms with Crippen LogP contribution in [0.25, 0.3) is 0 Å². The lowest BCUT2D eigenvalue weighted by atomic mass is 10.1. The Balaban J connectivity index is 1.63. The zero-order chi connectivity index (χ0) is 11.5. The van der Waals surface area contributed by atoms with Gasteiger partial charge in [0.2, 0.25) is 0 Å². The minimum Gasteiger partial charge on any atom is -0.384 e. The van der Waals surface area contributed by atoms with Crippen LogP contribution in [0.1, 0.15) is 30.4 Å². The van der Waals surface area contributed by atoms with E-state index in [1.165, 1.54) is 55.6 Å². The number of fused-ring (bicyclic) bond motifs is 1. The Bertz CT molecular complexity index is 383. The maximum absolute atomic E-state index is 3.56. The van der Waals surface area contributed by atoms with Crippen molar-refractivity contribution in [3.63, 3.8) is 0 Å². The lowest BCUT2D eigenvalue weighted by Crippen LogP contribution is -2.41. The van der Waals surface area contributed by atoms with Gasteiger partial charge in [0.1, 0.15) is 0 Å². The van der Waals surface area contributed by atoms with Gasteiger partial charge in [-0.05, 0) is 30.4 Å². The highest BCUT2D eigenvalue weighted by molar-refractivity contribution is 5.61. The predicted molar refractivity (Wildman–Crippen MR) is 70.9 cm³/mol. The van der Waals surface area contributed by atoms with E-state index in [1.54, 1.807) is 0 Å². The number of nitrogens with one attached hydrogen (secondary N) is 2. The van der Waals surface area contributed by atoms with Crippen LogP contribution in [-0.2, 0) is 13.0 Å². The largest absolute Gasteiger partial charge is 0.384 e. The van der Waals surface area contributed by atoms with Crippen molar-refractivity contribution < 1.29 is 0 Å². The molecule has 92 valence electrons. The quantitative estimate of drug-likeness (QED) is 0.834. The van der Waals surface area contributed by atoms with Gasteiger partial charge < -0.3 is 5.32 Å². The Kier molecular flexibility index (Phi) is 3.29. The fraction of sp³-hybridized carbons (Fsp3) is 0.571. The average molecular weight is 231 g/mol. The fourth-order valence-corrected chi connectivity index (χ4v) is 2.81. The molecule has 3 rings (SSSR count). The SMILES string of the molecule is c1cc2c(c(CNN3CCCCC3)c1)NCC2. The Labute approximate surface area is 103 Å². The first-order chi connectivity index (χ1) is 8.43. The molecule has 1 aromatic carbocycles. The number of hydrogen-bond acceptors (Lipinski definition) is 3. The summed E-state index contributed by atoms with van der Waals surface area (Å²) in [4.78, 5) is 0. The highest BCUT2D eigenvalue weighted by Crippen LogP contribution is 2.26. The standard InChI is InChI=1S/C14H21N3/c1-2-9-17(10-3-1)16-11-13-6-4-5-12-7-8-15-14(12)13/h4-6,15-16H,1-3,7-11H2. The van der Waals surface area contributed by atoms with Crippen LogP contribution < -0.4 is 10.7 Å². The van der Waals surface area contributed by atoms with Crippen LogP contribution in [-0.4, -0.2) is 24.6 Å². The van der Waals surface area contributed by atoms with E-state index < -0.39 is 0 Å². The van der Waals surface area contributed by atoms with Crippen molar-refractivity contribution in [2.45, 2.75) is 32.2 Å². The minimum absolute atomic E-state index is 0.955. The van der Waals surface area contributed by atoms with Crippen LogP contribution in [0.3, 0.4) is 0 Å². The van der Waals surface area contributed by atoms with Crippen LogP contribution in [0, 0.1) is 0 Å². The van der Waals surface area contributed by atoms with E-state index in [4.69, 9.17) is 0 Å². The Morgan fingerprint density at radius 2 is 2.06 bits per heavy atom. The van der Waals surface area contributed by atoms with Crippen LogP contribution in [0.4, 0.5) is 5.69 Å². The van der Waals surface area contributed by atoms with Crippen molar-refractivity contribution in [2.24, 2.45) is 0 Å². The third-order valence-corrected chi connectivity index (χ3v) is 3.78. The monoisotopic (exact) mass is 231 g/mol. The van der Waals surface area contributed by atoms with Gasteiger partial charge in [-0.25, -0.2) is 5.01 Å². The van der Waals surface area contributed by atoms with Crippen molar-refractivity contribution in [3.8, 4) is 0 Å². The molecule has 2 aliphatic heterocycles. The Hall–Kier alpha value is -1.06. The molecular formula is C14H21N3. The van der Waals surface area contributed by atoms with Crippen LogP contribution >= 0.6 is 0 Å². The second-order valence-electron chi connectivity index (χ2n) is 5.01. The van der Waals surface area contributed by atoms with Gasteiger partial charge in [0.25, 0.3) is 0 Å². The number of anilines is 1. The second-order valence-corrected chi connectivity index (χ2v) is 5.01. The molecule has 3 nitrogen and oxygen atoms in total. The van der Waals surface area contributed by atoms with E-state index in [0.29, 0.717) is 0 Å². The maximum atomic E-state index is 3.56. The van der Waals surface area contributed by atoms with Gasteiger partial charge in [-0.1, -0.05) is 24.6 Å². The summed E-state index contributed by atoms with van der Waals surface area (Å²) in [6.07, 6.45) is 5.23. The van der Waals surface area contributed by atoms with Crippen LogP contribution in [0.5, 0.6) is 0 Å². The summed E-state index contributed by atoms with van der Waals surface area (Å²) < 4.78 is 0. The summed E-state index contributed by atoms with van der Waals surface area (Å²) in [7, 11) is 0. The first kappa shape index (κ1) is 11.1. The van der Waals surface area contributed by atoms with Crippen molar-refractivity contribution in [1.29, 1.82) is 0 Å². The Morgan fingerprint density at radius 1 is 1.18 bits per heavy atom. The lowest BCUT2D eigenvalue weighted by molar-refractivity contribution is 0.151. The molecule has 0 atom stereocenters. The molecule has 0 saturated carbocycles. The van der Waals surface area contributed by atoms with Gasteiger partial charge in [-0.3, -0.25) is 5.43 Å². The molecule has 2 aliphatic rings. The zero-order valence-electron chi connectivity index (χ0n) is 10.3. The van der Waals surface area contributed by atoms with Gasteiger partial charge in [0.05, 0.1) is 0 Å². The Morgan fingerprint density at radius 3 is 2.94 bits per heavy atom. The molecule has 0 unspecified atom stereocenters. The molecule has 0 amide bonds. The second kappa shape index (κ2) is 5.07. The molecule has 0 spiro atoms. The number of hydrazine groups is 1. The van der Waals surface area contributed by atoms with E-state index in [2.05, 4.69) is 34.0 Å². The first-order valence-corrected chi connectivity index (χ1v) is 6.76. The highest BCUT2D eigenvalue weighted by atomic mass is 15.5. The first-order valence-electron chi connectivity index (χ1n) is 6.76. The molecule has 1 fully saturated rings. The summed E-state index contributed by atoms with van der Waals surface area (Å²) in [6, 6.07) is 6.65. The van der Waals surface area contributed by atoms with Gasteiger partial charge in [0, 0.05) is 31.9 Å². The number of rotatable bonds is 3. The number of piperidine rings is 1. The van der Waals surface area contributed by atoms with E-state index in [9.17, 15) is 0 Å². The summed E-state index contributed by atoms with van der Waals surface area (Å²) >= 11 is 0. The molecule has 1 saturated heterocycles. The van der Waals surface area contributed by atoms with Crippen molar-refractivity contribution in [1.82, 2.24) is 10.4 Å². The lowest BCUT2D eigenvalue weighted by Gasteiger charge is -2.27. The highest BCUT2D eigenvalue weighted by Gasteiger charge is 2.14.